The molecule has 0 fully saturated rings. The van der Waals surface area contributed by atoms with Gasteiger partial charge in [0.25, 0.3) is 0 Å². The van der Waals surface area contributed by atoms with Crippen molar-refractivity contribution in [3.8, 4) is 22.7 Å². The Morgan fingerprint density at radius 3 is 2.48 bits per heavy atom. The summed E-state index contributed by atoms with van der Waals surface area (Å²) < 4.78 is 7.29. The van der Waals surface area contributed by atoms with Crippen molar-refractivity contribution >= 4 is 23.4 Å². The molecule has 2 heterocycles. The molecule has 2 N–H and O–H groups in total. The molecule has 0 aliphatic heterocycles. The molecule has 0 saturated heterocycles. The summed E-state index contributed by atoms with van der Waals surface area (Å²) in [5, 5.41) is 9.64. The topological polar surface area (TPSA) is 82.8 Å². The van der Waals surface area contributed by atoms with Gasteiger partial charge in [0.05, 0.1) is 11.9 Å². The van der Waals surface area contributed by atoms with Crippen LogP contribution in [-0.2, 0) is 5.75 Å². The molecule has 6 nitrogen and oxygen atoms in total. The van der Waals surface area contributed by atoms with Crippen LogP contribution in [0.2, 0.25) is 5.02 Å². The molecule has 0 saturated carbocycles. The average molecular weight is 398 g/mol. The van der Waals surface area contributed by atoms with E-state index in [0.717, 1.165) is 11.1 Å². The molecule has 136 valence electrons. The van der Waals surface area contributed by atoms with Gasteiger partial charge in [-0.15, -0.1) is 10.2 Å². The van der Waals surface area contributed by atoms with E-state index < -0.39 is 0 Å². The van der Waals surface area contributed by atoms with Crippen molar-refractivity contribution in [2.45, 2.75) is 17.8 Å². The number of rotatable bonds is 5. The standard InChI is InChI=1S/C19H16ClN5OS/c1-12-2-4-14(5-3-12)18-23-24-19(25(18)21)27-11-17-22-10-16(26-17)13-6-8-15(20)9-7-13/h2-10H,11,21H2,1H3. The molecule has 27 heavy (non-hydrogen) atoms. The molecular formula is C19H16ClN5OS. The third-order valence-corrected chi connectivity index (χ3v) is 5.16. The van der Waals surface area contributed by atoms with Crippen LogP contribution >= 0.6 is 23.4 Å². The van der Waals surface area contributed by atoms with Gasteiger partial charge in [0.2, 0.25) is 11.0 Å². The summed E-state index contributed by atoms with van der Waals surface area (Å²) in [4.78, 5) is 4.32. The predicted molar refractivity (Wildman–Crippen MR) is 107 cm³/mol. The van der Waals surface area contributed by atoms with Gasteiger partial charge in [0.15, 0.2) is 11.6 Å². The largest absolute Gasteiger partial charge is 0.440 e. The van der Waals surface area contributed by atoms with E-state index in [2.05, 4.69) is 15.2 Å². The Kier molecular flexibility index (Phi) is 4.87. The second-order valence-electron chi connectivity index (χ2n) is 5.96. The van der Waals surface area contributed by atoms with Crippen molar-refractivity contribution in [3.63, 3.8) is 0 Å². The first-order valence-corrected chi connectivity index (χ1v) is 9.57. The molecule has 0 amide bonds. The van der Waals surface area contributed by atoms with Crippen LogP contribution in [0.3, 0.4) is 0 Å². The smallest absolute Gasteiger partial charge is 0.210 e. The van der Waals surface area contributed by atoms with Gasteiger partial charge in [-0.3, -0.25) is 0 Å². The summed E-state index contributed by atoms with van der Waals surface area (Å²) in [6, 6.07) is 15.4. The minimum absolute atomic E-state index is 0.497. The highest BCUT2D eigenvalue weighted by molar-refractivity contribution is 7.98. The zero-order valence-electron chi connectivity index (χ0n) is 14.5. The second-order valence-corrected chi connectivity index (χ2v) is 7.33. The van der Waals surface area contributed by atoms with Gasteiger partial charge in [-0.05, 0) is 31.2 Å². The molecule has 0 atom stereocenters. The van der Waals surface area contributed by atoms with Crippen molar-refractivity contribution in [1.82, 2.24) is 19.9 Å². The summed E-state index contributed by atoms with van der Waals surface area (Å²) in [6.07, 6.45) is 1.70. The number of nitrogens with zero attached hydrogens (tertiary/aromatic N) is 4. The number of aryl methyl sites for hydroxylation is 1. The van der Waals surface area contributed by atoms with Crippen molar-refractivity contribution in [1.29, 1.82) is 0 Å². The number of benzene rings is 2. The summed E-state index contributed by atoms with van der Waals surface area (Å²) in [5.74, 6) is 8.55. The van der Waals surface area contributed by atoms with Gasteiger partial charge in [0.1, 0.15) is 0 Å². The molecule has 4 rings (SSSR count). The third-order valence-electron chi connectivity index (χ3n) is 3.98. The first-order chi connectivity index (χ1) is 13.1. The molecule has 0 radical (unpaired) electrons. The first-order valence-electron chi connectivity index (χ1n) is 8.21. The molecular weight excluding hydrogens is 382 g/mol. The first kappa shape index (κ1) is 17.6. The van der Waals surface area contributed by atoms with Crippen LogP contribution in [-0.4, -0.2) is 19.9 Å². The lowest BCUT2D eigenvalue weighted by Crippen LogP contribution is -2.11. The lowest BCUT2D eigenvalue weighted by Gasteiger charge is -2.03. The van der Waals surface area contributed by atoms with Crippen LogP contribution in [0.5, 0.6) is 0 Å². The summed E-state index contributed by atoms with van der Waals surface area (Å²) in [7, 11) is 0. The van der Waals surface area contributed by atoms with Crippen molar-refractivity contribution < 1.29 is 4.42 Å². The number of aromatic nitrogens is 4. The molecule has 2 aromatic carbocycles. The van der Waals surface area contributed by atoms with Crippen LogP contribution in [0.15, 0.2) is 64.3 Å². The SMILES string of the molecule is Cc1ccc(-c2nnc(SCc3ncc(-c4ccc(Cl)cc4)o3)n2N)cc1. The Balaban J connectivity index is 1.46. The fourth-order valence-electron chi connectivity index (χ4n) is 2.53. The third kappa shape index (κ3) is 3.84. The van der Waals surface area contributed by atoms with Gasteiger partial charge < -0.3 is 10.3 Å². The van der Waals surface area contributed by atoms with Gasteiger partial charge in [-0.1, -0.05) is 53.2 Å². The van der Waals surface area contributed by atoms with E-state index in [1.165, 1.54) is 22.0 Å². The number of nitrogen functional groups attached to an aromatic ring is 1. The number of hydrogen-bond acceptors (Lipinski definition) is 6. The molecule has 0 bridgehead atoms. The van der Waals surface area contributed by atoms with Crippen LogP contribution in [0.1, 0.15) is 11.5 Å². The molecule has 4 aromatic rings. The lowest BCUT2D eigenvalue weighted by molar-refractivity contribution is 0.529. The van der Waals surface area contributed by atoms with Crippen molar-refractivity contribution in [2.24, 2.45) is 0 Å². The summed E-state index contributed by atoms with van der Waals surface area (Å²) in [6.45, 7) is 2.03. The van der Waals surface area contributed by atoms with Crippen molar-refractivity contribution in [2.75, 3.05) is 5.84 Å². The highest BCUT2D eigenvalue weighted by Gasteiger charge is 2.14. The Morgan fingerprint density at radius 2 is 1.74 bits per heavy atom. The number of nitrogens with two attached hydrogens (primary N) is 1. The minimum Gasteiger partial charge on any atom is -0.440 e. The summed E-state index contributed by atoms with van der Waals surface area (Å²) in [5.41, 5.74) is 3.02. The maximum absolute atomic E-state index is 6.16. The number of hydrogen-bond donors (Lipinski definition) is 1. The average Bonchev–Trinajstić information content (AvgIpc) is 3.28. The van der Waals surface area contributed by atoms with Crippen LogP contribution in [0, 0.1) is 6.92 Å². The fourth-order valence-corrected chi connectivity index (χ4v) is 3.36. The maximum Gasteiger partial charge on any atom is 0.210 e. The molecule has 0 aliphatic carbocycles. The number of halogens is 1. The fraction of sp³-hybridized carbons (Fsp3) is 0.105. The predicted octanol–water partition coefficient (Wildman–Crippen LogP) is 4.57. The number of thioether (sulfide) groups is 1. The number of oxazole rings is 1. The minimum atomic E-state index is 0.497. The van der Waals surface area contributed by atoms with E-state index in [0.29, 0.717) is 33.4 Å². The van der Waals surface area contributed by atoms with Crippen molar-refractivity contribution in [3.05, 3.63) is 71.2 Å². The normalized spacial score (nSPS) is 11.0. The van der Waals surface area contributed by atoms with Crippen LogP contribution in [0.4, 0.5) is 0 Å². The highest BCUT2D eigenvalue weighted by atomic mass is 35.5. The van der Waals surface area contributed by atoms with Gasteiger partial charge >= 0.3 is 0 Å². The molecule has 0 spiro atoms. The Morgan fingerprint density at radius 1 is 1.04 bits per heavy atom. The van der Waals surface area contributed by atoms with Gasteiger partial charge in [0, 0.05) is 16.1 Å². The lowest BCUT2D eigenvalue weighted by atomic mass is 10.1. The van der Waals surface area contributed by atoms with Gasteiger partial charge in [-0.25, -0.2) is 9.66 Å². The Bertz CT molecular complexity index is 1060. The van der Waals surface area contributed by atoms with E-state index in [1.54, 1.807) is 6.20 Å². The molecule has 0 aliphatic rings. The van der Waals surface area contributed by atoms with Gasteiger partial charge in [-0.2, -0.15) is 0 Å². The van der Waals surface area contributed by atoms with E-state index in [4.69, 9.17) is 21.9 Å². The molecule has 0 unspecified atom stereocenters. The zero-order valence-corrected chi connectivity index (χ0v) is 16.0. The quantitative estimate of drug-likeness (QED) is 0.392. The summed E-state index contributed by atoms with van der Waals surface area (Å²) >= 11 is 7.33. The Labute approximate surface area is 165 Å². The highest BCUT2D eigenvalue weighted by Crippen LogP contribution is 2.27. The van der Waals surface area contributed by atoms with E-state index in [1.807, 2.05) is 55.5 Å². The van der Waals surface area contributed by atoms with E-state index in [-0.39, 0.29) is 0 Å². The second kappa shape index (κ2) is 7.46. The zero-order chi connectivity index (χ0) is 18.8. The Hall–Kier alpha value is -2.77. The van der Waals surface area contributed by atoms with Crippen LogP contribution < -0.4 is 5.84 Å². The van der Waals surface area contributed by atoms with Crippen LogP contribution in [0.25, 0.3) is 22.7 Å². The van der Waals surface area contributed by atoms with E-state index in [9.17, 15) is 0 Å². The molecule has 2 aromatic heterocycles. The maximum atomic E-state index is 6.16. The monoisotopic (exact) mass is 397 g/mol. The van der Waals surface area contributed by atoms with E-state index >= 15 is 0 Å². The molecule has 8 heteroatoms.